The monoisotopic (exact) mass is 290 g/mol. The third-order valence-corrected chi connectivity index (χ3v) is 3.57. The lowest BCUT2D eigenvalue weighted by molar-refractivity contribution is -0.386. The number of hydrogen-bond donors (Lipinski definition) is 1. The topological polar surface area (TPSA) is 117 Å². The summed E-state index contributed by atoms with van der Waals surface area (Å²) in [6.07, 6.45) is 2.71. The molecule has 0 amide bonds. The first kappa shape index (κ1) is 13.5. The van der Waals surface area contributed by atoms with Gasteiger partial charge in [0.1, 0.15) is 0 Å². The van der Waals surface area contributed by atoms with Gasteiger partial charge >= 0.3 is 5.69 Å². The van der Waals surface area contributed by atoms with Crippen molar-refractivity contribution in [2.75, 3.05) is 0 Å². The Kier molecular flexibility index (Phi) is 3.30. The Balaban J connectivity index is 1.70. The van der Waals surface area contributed by atoms with Crippen molar-refractivity contribution in [3.05, 3.63) is 46.1 Å². The van der Waals surface area contributed by atoms with Crippen LogP contribution in [-0.2, 0) is 12.1 Å². The van der Waals surface area contributed by atoms with E-state index in [-0.39, 0.29) is 23.9 Å². The highest BCUT2D eigenvalue weighted by Gasteiger charge is 2.39. The van der Waals surface area contributed by atoms with Crippen molar-refractivity contribution in [3.63, 3.8) is 0 Å². The van der Waals surface area contributed by atoms with Crippen molar-refractivity contribution in [2.45, 2.75) is 31.4 Å². The van der Waals surface area contributed by atoms with Crippen molar-refractivity contribution in [3.8, 4) is 5.75 Å². The summed E-state index contributed by atoms with van der Waals surface area (Å²) >= 11 is 0. The predicted molar refractivity (Wildman–Crippen MR) is 71.4 cm³/mol. The van der Waals surface area contributed by atoms with Gasteiger partial charge in [0.25, 0.3) is 5.89 Å². The number of aromatic nitrogens is 2. The number of nitro groups is 1. The van der Waals surface area contributed by atoms with Gasteiger partial charge in [-0.1, -0.05) is 17.3 Å². The molecule has 0 atom stereocenters. The van der Waals surface area contributed by atoms with Crippen LogP contribution in [0.15, 0.2) is 28.8 Å². The maximum atomic E-state index is 10.9. The van der Waals surface area contributed by atoms with Crippen molar-refractivity contribution >= 4 is 5.69 Å². The van der Waals surface area contributed by atoms with E-state index in [0.29, 0.717) is 5.82 Å². The summed E-state index contributed by atoms with van der Waals surface area (Å²) in [5, 5.41) is 14.7. The second-order valence-electron chi connectivity index (χ2n) is 5.03. The minimum absolute atomic E-state index is 0.0338. The van der Waals surface area contributed by atoms with E-state index in [9.17, 15) is 10.1 Å². The van der Waals surface area contributed by atoms with Crippen LogP contribution in [-0.4, -0.2) is 15.1 Å². The summed E-state index contributed by atoms with van der Waals surface area (Å²) < 4.78 is 10.5. The summed E-state index contributed by atoms with van der Waals surface area (Å²) in [6, 6.07) is 6.12. The van der Waals surface area contributed by atoms with E-state index in [1.165, 1.54) is 12.1 Å². The number of rotatable bonds is 5. The summed E-state index contributed by atoms with van der Waals surface area (Å²) in [5.41, 5.74) is 5.49. The van der Waals surface area contributed by atoms with Crippen LogP contribution in [0.3, 0.4) is 0 Å². The van der Waals surface area contributed by atoms with Gasteiger partial charge in [-0.25, -0.2) is 0 Å². The van der Waals surface area contributed by atoms with Crippen LogP contribution in [0.1, 0.15) is 31.0 Å². The van der Waals surface area contributed by atoms with E-state index >= 15 is 0 Å². The number of benzene rings is 1. The second kappa shape index (κ2) is 5.13. The van der Waals surface area contributed by atoms with E-state index in [2.05, 4.69) is 10.1 Å². The molecule has 0 bridgehead atoms. The van der Waals surface area contributed by atoms with E-state index in [1.807, 2.05) is 0 Å². The molecule has 1 aromatic heterocycles. The lowest BCUT2D eigenvalue weighted by Crippen LogP contribution is -2.44. The zero-order chi connectivity index (χ0) is 14.9. The third kappa shape index (κ3) is 2.57. The molecule has 1 aliphatic rings. The minimum atomic E-state index is -0.502. The van der Waals surface area contributed by atoms with Crippen LogP contribution in [0.4, 0.5) is 5.69 Å². The summed E-state index contributed by atoms with van der Waals surface area (Å²) in [6.45, 7) is -0.0338. The first-order valence-corrected chi connectivity index (χ1v) is 6.57. The summed E-state index contributed by atoms with van der Waals surface area (Å²) in [4.78, 5) is 14.6. The standard InChI is InChI=1S/C13H14N4O4/c14-13(6-3-7-13)12-15-11(21-16-12)8-20-10-5-2-1-4-9(10)17(18)19/h1-2,4-5H,3,6-8,14H2. The molecule has 2 aromatic rings. The molecule has 1 aromatic carbocycles. The molecule has 0 saturated heterocycles. The molecule has 1 aliphatic carbocycles. The largest absolute Gasteiger partial charge is 0.477 e. The first-order chi connectivity index (χ1) is 10.1. The maximum Gasteiger partial charge on any atom is 0.310 e. The zero-order valence-corrected chi connectivity index (χ0v) is 11.2. The SMILES string of the molecule is NC1(c2noc(COc3ccccc3[N+](=O)[O-])n2)CCC1. The van der Waals surface area contributed by atoms with Gasteiger partial charge < -0.3 is 15.0 Å². The van der Waals surface area contributed by atoms with Crippen molar-refractivity contribution < 1.29 is 14.2 Å². The second-order valence-corrected chi connectivity index (χ2v) is 5.03. The molecular formula is C13H14N4O4. The van der Waals surface area contributed by atoms with E-state index in [1.54, 1.807) is 12.1 Å². The number of nitrogens with two attached hydrogens (primary N) is 1. The molecule has 3 rings (SSSR count). The van der Waals surface area contributed by atoms with Gasteiger partial charge in [-0.05, 0) is 25.3 Å². The smallest absolute Gasteiger partial charge is 0.310 e. The number of hydrogen-bond acceptors (Lipinski definition) is 7. The van der Waals surface area contributed by atoms with Crippen LogP contribution in [0.2, 0.25) is 0 Å². The van der Waals surface area contributed by atoms with Crippen molar-refractivity contribution in [1.82, 2.24) is 10.1 Å². The Morgan fingerprint density at radius 3 is 2.86 bits per heavy atom. The normalized spacial score (nSPS) is 16.2. The van der Waals surface area contributed by atoms with Crippen LogP contribution in [0.5, 0.6) is 5.75 Å². The minimum Gasteiger partial charge on any atom is -0.477 e. The summed E-state index contributed by atoms with van der Waals surface area (Å²) in [5.74, 6) is 0.878. The van der Waals surface area contributed by atoms with Crippen molar-refractivity contribution in [2.24, 2.45) is 5.73 Å². The van der Waals surface area contributed by atoms with Gasteiger partial charge in [-0.15, -0.1) is 0 Å². The molecule has 1 saturated carbocycles. The molecule has 2 N–H and O–H groups in total. The Morgan fingerprint density at radius 2 is 2.19 bits per heavy atom. The average Bonchev–Trinajstić information content (AvgIpc) is 2.92. The average molecular weight is 290 g/mol. The lowest BCUT2D eigenvalue weighted by atomic mass is 9.77. The molecule has 21 heavy (non-hydrogen) atoms. The fraction of sp³-hybridized carbons (Fsp3) is 0.385. The number of para-hydroxylation sites is 2. The molecule has 0 radical (unpaired) electrons. The Hall–Kier alpha value is -2.48. The van der Waals surface area contributed by atoms with Crippen LogP contribution >= 0.6 is 0 Å². The Morgan fingerprint density at radius 1 is 1.43 bits per heavy atom. The van der Waals surface area contributed by atoms with E-state index in [0.717, 1.165) is 19.3 Å². The Labute approximate surface area is 120 Å². The highest BCUT2D eigenvalue weighted by molar-refractivity contribution is 5.45. The van der Waals surface area contributed by atoms with Crippen LogP contribution in [0.25, 0.3) is 0 Å². The van der Waals surface area contributed by atoms with Crippen LogP contribution < -0.4 is 10.5 Å². The molecule has 1 fully saturated rings. The number of nitro benzene ring substituents is 1. The highest BCUT2D eigenvalue weighted by Crippen LogP contribution is 2.37. The quantitative estimate of drug-likeness (QED) is 0.659. The van der Waals surface area contributed by atoms with Gasteiger partial charge in [0.05, 0.1) is 10.5 Å². The van der Waals surface area contributed by atoms with E-state index < -0.39 is 10.5 Å². The molecule has 110 valence electrons. The molecule has 0 aliphatic heterocycles. The van der Waals surface area contributed by atoms with Crippen LogP contribution in [0, 0.1) is 10.1 Å². The van der Waals surface area contributed by atoms with Gasteiger partial charge in [-0.3, -0.25) is 10.1 Å². The summed E-state index contributed by atoms with van der Waals surface area (Å²) in [7, 11) is 0. The number of nitrogens with zero attached hydrogens (tertiary/aromatic N) is 3. The fourth-order valence-electron chi connectivity index (χ4n) is 2.17. The van der Waals surface area contributed by atoms with E-state index in [4.69, 9.17) is 15.0 Å². The molecule has 8 nitrogen and oxygen atoms in total. The molecule has 1 heterocycles. The fourth-order valence-corrected chi connectivity index (χ4v) is 2.17. The van der Waals surface area contributed by atoms with Crippen molar-refractivity contribution in [1.29, 1.82) is 0 Å². The lowest BCUT2D eigenvalue weighted by Gasteiger charge is -2.34. The Bertz CT molecular complexity index is 666. The molecule has 0 spiro atoms. The van der Waals surface area contributed by atoms with Gasteiger partial charge in [0.15, 0.2) is 18.2 Å². The highest BCUT2D eigenvalue weighted by atomic mass is 16.6. The zero-order valence-electron chi connectivity index (χ0n) is 11.2. The van der Waals surface area contributed by atoms with Gasteiger partial charge in [-0.2, -0.15) is 4.98 Å². The molecular weight excluding hydrogens is 276 g/mol. The van der Waals surface area contributed by atoms with Gasteiger partial charge in [0.2, 0.25) is 0 Å². The number of ether oxygens (including phenoxy) is 1. The maximum absolute atomic E-state index is 10.9. The van der Waals surface area contributed by atoms with Gasteiger partial charge in [0, 0.05) is 6.07 Å². The third-order valence-electron chi connectivity index (χ3n) is 3.57. The molecule has 8 heteroatoms. The molecule has 0 unspecified atom stereocenters. The first-order valence-electron chi connectivity index (χ1n) is 6.57. The predicted octanol–water partition coefficient (Wildman–Crippen LogP) is 1.89.